The van der Waals surface area contributed by atoms with Gasteiger partial charge in [0.15, 0.2) is 0 Å². The van der Waals surface area contributed by atoms with Crippen LogP contribution in [0.4, 0.5) is 4.39 Å². The summed E-state index contributed by atoms with van der Waals surface area (Å²) in [5.41, 5.74) is 0.990. The van der Waals surface area contributed by atoms with Gasteiger partial charge in [-0.2, -0.15) is 0 Å². The Kier molecular flexibility index (Phi) is 3.27. The molecule has 0 fully saturated rings. The van der Waals surface area contributed by atoms with E-state index in [1.807, 2.05) is 0 Å². The van der Waals surface area contributed by atoms with Gasteiger partial charge in [-0.1, -0.05) is 23.2 Å². The van der Waals surface area contributed by atoms with E-state index in [2.05, 4.69) is 0 Å². The van der Waals surface area contributed by atoms with Crippen LogP contribution in [0.25, 0.3) is 11.0 Å². The molecule has 98 valence electrons. The second-order valence-corrected chi connectivity index (χ2v) is 6.30. The molecule has 1 aromatic carbocycles. The van der Waals surface area contributed by atoms with E-state index < -0.39 is 6.10 Å². The lowest BCUT2D eigenvalue weighted by atomic mass is 10.1. The van der Waals surface area contributed by atoms with Gasteiger partial charge in [0.2, 0.25) is 0 Å². The van der Waals surface area contributed by atoms with Crippen molar-refractivity contribution in [2.75, 3.05) is 0 Å². The van der Waals surface area contributed by atoms with Crippen LogP contribution in [0, 0.1) is 5.82 Å². The van der Waals surface area contributed by atoms with Crippen molar-refractivity contribution in [1.29, 1.82) is 0 Å². The molecule has 0 radical (unpaired) electrons. The maximum Gasteiger partial charge on any atom is 0.139 e. The molecule has 0 saturated heterocycles. The van der Waals surface area contributed by atoms with Gasteiger partial charge in [-0.15, -0.1) is 11.3 Å². The first kappa shape index (κ1) is 12.9. The second-order valence-electron chi connectivity index (χ2n) is 4.01. The molecule has 0 bridgehead atoms. The number of hydrogen-bond acceptors (Lipinski definition) is 3. The average molecular weight is 317 g/mol. The summed E-state index contributed by atoms with van der Waals surface area (Å²) in [4.78, 5) is 0. The van der Waals surface area contributed by atoms with E-state index in [4.69, 9.17) is 27.6 Å². The van der Waals surface area contributed by atoms with Crippen molar-refractivity contribution in [1.82, 2.24) is 0 Å². The van der Waals surface area contributed by atoms with Gasteiger partial charge in [0, 0.05) is 10.9 Å². The van der Waals surface area contributed by atoms with Crippen molar-refractivity contribution < 1.29 is 13.9 Å². The Hall–Kier alpha value is -1.07. The number of rotatable bonds is 2. The molecule has 0 aliphatic rings. The molecule has 19 heavy (non-hydrogen) atoms. The second kappa shape index (κ2) is 4.80. The molecule has 0 aliphatic carbocycles. The standard InChI is InChI=1S/C13H7Cl2FO2S/c14-11-5-8(13(15)19-11)12(17)10-4-6-3-7(16)1-2-9(6)18-10/h1-5,12,17H. The molecular weight excluding hydrogens is 310 g/mol. The quantitative estimate of drug-likeness (QED) is 0.720. The third-order valence-electron chi connectivity index (χ3n) is 2.74. The molecule has 0 saturated carbocycles. The van der Waals surface area contributed by atoms with Gasteiger partial charge < -0.3 is 9.52 Å². The first-order valence-electron chi connectivity index (χ1n) is 5.36. The van der Waals surface area contributed by atoms with Gasteiger partial charge >= 0.3 is 0 Å². The Morgan fingerprint density at radius 2 is 2.00 bits per heavy atom. The van der Waals surface area contributed by atoms with Crippen molar-refractivity contribution in [2.45, 2.75) is 6.10 Å². The van der Waals surface area contributed by atoms with Crippen LogP contribution < -0.4 is 0 Å². The molecular formula is C13H7Cl2FO2S. The highest BCUT2D eigenvalue weighted by atomic mass is 35.5. The van der Waals surface area contributed by atoms with E-state index in [0.717, 1.165) is 0 Å². The molecule has 3 aromatic rings. The van der Waals surface area contributed by atoms with Crippen LogP contribution in [0.2, 0.25) is 8.67 Å². The molecule has 2 aromatic heterocycles. The first-order chi connectivity index (χ1) is 9.04. The molecule has 2 heterocycles. The van der Waals surface area contributed by atoms with E-state index in [1.165, 1.54) is 29.5 Å². The van der Waals surface area contributed by atoms with E-state index in [9.17, 15) is 9.50 Å². The summed E-state index contributed by atoms with van der Waals surface area (Å²) in [6.07, 6.45) is -1.02. The number of aliphatic hydroxyl groups excluding tert-OH is 1. The SMILES string of the molecule is OC(c1cc2cc(F)ccc2o1)c1cc(Cl)sc1Cl. The number of halogens is 3. The third-order valence-corrected chi connectivity index (χ3v) is 4.26. The van der Waals surface area contributed by atoms with Crippen LogP contribution in [0.1, 0.15) is 17.4 Å². The lowest BCUT2D eigenvalue weighted by molar-refractivity contribution is 0.193. The summed E-state index contributed by atoms with van der Waals surface area (Å²) < 4.78 is 19.5. The number of fused-ring (bicyclic) bond motifs is 1. The molecule has 0 amide bonds. The van der Waals surface area contributed by atoms with Gasteiger partial charge in [-0.25, -0.2) is 4.39 Å². The minimum atomic E-state index is -1.02. The lowest BCUT2D eigenvalue weighted by Gasteiger charge is -2.05. The van der Waals surface area contributed by atoms with Gasteiger partial charge in [0.25, 0.3) is 0 Å². The maximum atomic E-state index is 13.1. The topological polar surface area (TPSA) is 33.4 Å². The minimum Gasteiger partial charge on any atom is -0.458 e. The maximum absolute atomic E-state index is 13.1. The molecule has 2 nitrogen and oxygen atoms in total. The molecule has 0 spiro atoms. The number of aliphatic hydroxyl groups is 1. The van der Waals surface area contributed by atoms with Crippen LogP contribution in [-0.2, 0) is 0 Å². The van der Waals surface area contributed by atoms with E-state index in [0.29, 0.717) is 31.0 Å². The smallest absolute Gasteiger partial charge is 0.139 e. The van der Waals surface area contributed by atoms with Crippen molar-refractivity contribution in [3.63, 3.8) is 0 Å². The van der Waals surface area contributed by atoms with Crippen LogP contribution >= 0.6 is 34.5 Å². The van der Waals surface area contributed by atoms with Crippen LogP contribution in [0.5, 0.6) is 0 Å². The van der Waals surface area contributed by atoms with E-state index in [1.54, 1.807) is 12.1 Å². The minimum absolute atomic E-state index is 0.303. The Morgan fingerprint density at radius 3 is 2.68 bits per heavy atom. The summed E-state index contributed by atoms with van der Waals surface area (Å²) in [7, 11) is 0. The fraction of sp³-hybridized carbons (Fsp3) is 0.0769. The van der Waals surface area contributed by atoms with Crippen LogP contribution in [0.3, 0.4) is 0 Å². The van der Waals surface area contributed by atoms with Crippen molar-refractivity contribution in [3.8, 4) is 0 Å². The largest absolute Gasteiger partial charge is 0.458 e. The zero-order valence-corrected chi connectivity index (χ0v) is 11.7. The molecule has 1 unspecified atom stereocenters. The van der Waals surface area contributed by atoms with Gasteiger partial charge in [0.05, 0.1) is 4.34 Å². The van der Waals surface area contributed by atoms with Crippen LogP contribution in [-0.4, -0.2) is 5.11 Å². The predicted molar refractivity (Wildman–Crippen MR) is 74.6 cm³/mol. The summed E-state index contributed by atoms with van der Waals surface area (Å²) in [5.74, 6) is -0.0529. The fourth-order valence-electron chi connectivity index (χ4n) is 1.86. The zero-order valence-electron chi connectivity index (χ0n) is 9.36. The summed E-state index contributed by atoms with van der Waals surface area (Å²) in [6, 6.07) is 7.34. The summed E-state index contributed by atoms with van der Waals surface area (Å²) in [5, 5.41) is 10.8. The van der Waals surface area contributed by atoms with Crippen molar-refractivity contribution in [3.05, 3.63) is 56.1 Å². The van der Waals surface area contributed by atoms with Crippen molar-refractivity contribution in [2.24, 2.45) is 0 Å². The van der Waals surface area contributed by atoms with E-state index in [-0.39, 0.29) is 5.82 Å². The van der Waals surface area contributed by atoms with Crippen LogP contribution in [0.15, 0.2) is 34.7 Å². The molecule has 6 heteroatoms. The summed E-state index contributed by atoms with van der Waals surface area (Å²) >= 11 is 13.0. The number of benzene rings is 1. The Morgan fingerprint density at radius 1 is 1.21 bits per heavy atom. The number of thiophene rings is 1. The number of furan rings is 1. The molecule has 0 aliphatic heterocycles. The number of hydrogen-bond donors (Lipinski definition) is 1. The van der Waals surface area contributed by atoms with Crippen molar-refractivity contribution >= 4 is 45.5 Å². The Balaban J connectivity index is 2.06. The highest BCUT2D eigenvalue weighted by molar-refractivity contribution is 7.20. The Bertz CT molecular complexity index is 750. The molecule has 1 N–H and O–H groups in total. The molecule has 1 atom stereocenters. The van der Waals surface area contributed by atoms with Gasteiger partial charge in [-0.05, 0) is 30.3 Å². The zero-order chi connectivity index (χ0) is 13.6. The van der Waals surface area contributed by atoms with Gasteiger partial charge in [-0.3, -0.25) is 0 Å². The summed E-state index contributed by atoms with van der Waals surface area (Å²) in [6.45, 7) is 0. The monoisotopic (exact) mass is 316 g/mol. The highest BCUT2D eigenvalue weighted by Crippen LogP contribution is 2.38. The average Bonchev–Trinajstić information content (AvgIpc) is 2.91. The highest BCUT2D eigenvalue weighted by Gasteiger charge is 2.20. The predicted octanol–water partition coefficient (Wildman–Crippen LogP) is 5.02. The first-order valence-corrected chi connectivity index (χ1v) is 6.93. The van der Waals surface area contributed by atoms with E-state index >= 15 is 0 Å². The lowest BCUT2D eigenvalue weighted by Crippen LogP contribution is -1.96. The molecule has 3 rings (SSSR count). The Labute approximate surface area is 122 Å². The van der Waals surface area contributed by atoms with Gasteiger partial charge in [0.1, 0.15) is 27.6 Å². The fourth-order valence-corrected chi connectivity index (χ4v) is 3.38. The normalized spacial score (nSPS) is 13.1. The third kappa shape index (κ3) is 2.37.